The number of nitrogens with zero attached hydrogens (tertiary/aromatic N) is 1. The second kappa shape index (κ2) is 8.44. The number of ether oxygens (including phenoxy) is 2. The van der Waals surface area contributed by atoms with Gasteiger partial charge in [-0.3, -0.25) is 14.5 Å². The van der Waals surface area contributed by atoms with Gasteiger partial charge in [-0.25, -0.2) is 4.79 Å². The Hall–Kier alpha value is -3.55. The average Bonchev–Trinajstić information content (AvgIpc) is 2.99. The summed E-state index contributed by atoms with van der Waals surface area (Å²) in [7, 11) is 3.12. The van der Waals surface area contributed by atoms with E-state index in [-0.39, 0.29) is 6.54 Å². The minimum atomic E-state index is -1.21. The maximum absolute atomic E-state index is 13.2. The van der Waals surface area contributed by atoms with Crippen molar-refractivity contribution >= 4 is 23.5 Å². The molecule has 1 atom stereocenters. The van der Waals surface area contributed by atoms with E-state index in [2.05, 4.69) is 10.6 Å². The summed E-state index contributed by atoms with van der Waals surface area (Å²) in [6, 6.07) is 11.5. The molecule has 1 aliphatic rings. The van der Waals surface area contributed by atoms with Crippen LogP contribution in [0.25, 0.3) is 0 Å². The molecular formula is C22H25N3O5. The molecule has 0 aromatic heterocycles. The third kappa shape index (κ3) is 3.80. The van der Waals surface area contributed by atoms with Gasteiger partial charge in [-0.05, 0) is 60.9 Å². The van der Waals surface area contributed by atoms with Crippen LogP contribution in [0.2, 0.25) is 0 Å². The highest BCUT2D eigenvalue weighted by molar-refractivity contribution is 6.10. The molecule has 158 valence electrons. The van der Waals surface area contributed by atoms with E-state index in [4.69, 9.17) is 9.47 Å². The minimum absolute atomic E-state index is 0.347. The molecule has 8 nitrogen and oxygen atoms in total. The Morgan fingerprint density at radius 3 is 2.37 bits per heavy atom. The number of hydrogen-bond donors (Lipinski definition) is 2. The first kappa shape index (κ1) is 21.2. The molecule has 0 aliphatic carbocycles. The average molecular weight is 411 g/mol. The van der Waals surface area contributed by atoms with Crippen LogP contribution in [0, 0.1) is 6.92 Å². The van der Waals surface area contributed by atoms with E-state index in [1.165, 1.54) is 0 Å². The van der Waals surface area contributed by atoms with Gasteiger partial charge in [-0.15, -0.1) is 0 Å². The summed E-state index contributed by atoms with van der Waals surface area (Å²) in [5.41, 5.74) is 0.829. The molecule has 30 heavy (non-hydrogen) atoms. The van der Waals surface area contributed by atoms with Crippen LogP contribution in [0.1, 0.15) is 24.5 Å². The Morgan fingerprint density at radius 1 is 1.10 bits per heavy atom. The topological polar surface area (TPSA) is 97.0 Å². The molecule has 0 saturated carbocycles. The van der Waals surface area contributed by atoms with Crippen LogP contribution < -0.4 is 20.1 Å². The number of hydrogen-bond acceptors (Lipinski definition) is 5. The van der Waals surface area contributed by atoms with Crippen LogP contribution in [-0.2, 0) is 15.1 Å². The van der Waals surface area contributed by atoms with Crippen molar-refractivity contribution in [3.05, 3.63) is 53.6 Å². The maximum Gasteiger partial charge on any atom is 0.325 e. The molecule has 1 saturated heterocycles. The van der Waals surface area contributed by atoms with Gasteiger partial charge in [0.15, 0.2) is 0 Å². The van der Waals surface area contributed by atoms with Crippen molar-refractivity contribution in [2.24, 2.45) is 0 Å². The molecule has 0 bridgehead atoms. The number of nitrogens with one attached hydrogen (secondary N) is 2. The number of carbonyl (C=O) groups excluding carboxylic acids is 3. The Kier molecular flexibility index (Phi) is 5.96. The fraction of sp³-hybridized carbons (Fsp3) is 0.318. The van der Waals surface area contributed by atoms with Gasteiger partial charge in [0.25, 0.3) is 5.91 Å². The molecule has 1 fully saturated rings. The number of anilines is 1. The fourth-order valence-electron chi connectivity index (χ4n) is 3.57. The van der Waals surface area contributed by atoms with Crippen molar-refractivity contribution in [3.63, 3.8) is 0 Å². The zero-order chi connectivity index (χ0) is 21.9. The van der Waals surface area contributed by atoms with E-state index >= 15 is 0 Å². The Morgan fingerprint density at radius 2 is 1.80 bits per heavy atom. The first-order valence-corrected chi connectivity index (χ1v) is 9.57. The minimum Gasteiger partial charge on any atom is -0.497 e. The zero-order valence-corrected chi connectivity index (χ0v) is 17.4. The maximum atomic E-state index is 13.2. The number of rotatable bonds is 7. The lowest BCUT2D eigenvalue weighted by molar-refractivity contribution is -0.134. The van der Waals surface area contributed by atoms with E-state index in [1.54, 1.807) is 50.6 Å². The summed E-state index contributed by atoms with van der Waals surface area (Å²) < 4.78 is 10.4. The predicted octanol–water partition coefficient (Wildman–Crippen LogP) is 2.81. The van der Waals surface area contributed by atoms with Crippen LogP contribution in [0.15, 0.2) is 42.5 Å². The summed E-state index contributed by atoms with van der Waals surface area (Å²) in [5.74, 6) is 0.424. The molecule has 2 N–H and O–H groups in total. The molecule has 1 aliphatic heterocycles. The van der Waals surface area contributed by atoms with Crippen LogP contribution in [0.5, 0.6) is 11.5 Å². The van der Waals surface area contributed by atoms with Gasteiger partial charge in [-0.1, -0.05) is 13.0 Å². The van der Waals surface area contributed by atoms with Gasteiger partial charge >= 0.3 is 6.03 Å². The highest BCUT2D eigenvalue weighted by atomic mass is 16.5. The molecule has 4 amide bonds. The molecular weight excluding hydrogens is 386 g/mol. The fourth-order valence-corrected chi connectivity index (χ4v) is 3.57. The summed E-state index contributed by atoms with van der Waals surface area (Å²) >= 11 is 0. The SMILES string of the molecule is CCC1(c2ccc(OC)c(C)c2)NC(=O)N(CC(=O)Nc2ccc(OC)cc2)C1=O. The third-order valence-electron chi connectivity index (χ3n) is 5.27. The smallest absolute Gasteiger partial charge is 0.325 e. The van der Waals surface area contributed by atoms with E-state index < -0.39 is 23.4 Å². The van der Waals surface area contributed by atoms with E-state index in [0.717, 1.165) is 10.5 Å². The van der Waals surface area contributed by atoms with Gasteiger partial charge in [0, 0.05) is 5.69 Å². The summed E-state index contributed by atoms with van der Waals surface area (Å²) in [5, 5.41) is 5.47. The Bertz CT molecular complexity index is 973. The number of aryl methyl sites for hydroxylation is 1. The Balaban J connectivity index is 1.78. The van der Waals surface area contributed by atoms with Crippen molar-refractivity contribution in [1.29, 1.82) is 0 Å². The van der Waals surface area contributed by atoms with Crippen molar-refractivity contribution in [2.45, 2.75) is 25.8 Å². The summed E-state index contributed by atoms with van der Waals surface area (Å²) in [6.45, 7) is 3.30. The quantitative estimate of drug-likeness (QED) is 0.683. The van der Waals surface area contributed by atoms with Crippen LogP contribution in [0.4, 0.5) is 10.5 Å². The second-order valence-electron chi connectivity index (χ2n) is 7.04. The van der Waals surface area contributed by atoms with Gasteiger partial charge in [0.2, 0.25) is 5.91 Å². The number of carbonyl (C=O) groups is 3. The normalized spacial score (nSPS) is 18.2. The first-order chi connectivity index (χ1) is 14.3. The zero-order valence-electron chi connectivity index (χ0n) is 17.4. The second-order valence-corrected chi connectivity index (χ2v) is 7.04. The monoisotopic (exact) mass is 411 g/mol. The molecule has 1 unspecified atom stereocenters. The molecule has 2 aromatic rings. The lowest BCUT2D eigenvalue weighted by atomic mass is 9.86. The van der Waals surface area contributed by atoms with Crippen LogP contribution in [0.3, 0.4) is 0 Å². The number of amides is 4. The summed E-state index contributed by atoms with van der Waals surface area (Å²) in [4.78, 5) is 39.2. The third-order valence-corrected chi connectivity index (χ3v) is 5.27. The van der Waals surface area contributed by atoms with Gasteiger partial charge in [-0.2, -0.15) is 0 Å². The van der Waals surface area contributed by atoms with Crippen molar-refractivity contribution in [1.82, 2.24) is 10.2 Å². The van der Waals surface area contributed by atoms with Crippen molar-refractivity contribution in [3.8, 4) is 11.5 Å². The molecule has 0 radical (unpaired) electrons. The van der Waals surface area contributed by atoms with Crippen molar-refractivity contribution in [2.75, 3.05) is 26.1 Å². The lowest BCUT2D eigenvalue weighted by Crippen LogP contribution is -2.44. The highest BCUT2D eigenvalue weighted by Crippen LogP contribution is 2.34. The number of urea groups is 1. The van der Waals surface area contributed by atoms with E-state index in [1.807, 2.05) is 19.9 Å². The molecule has 2 aromatic carbocycles. The number of imide groups is 1. The van der Waals surface area contributed by atoms with Gasteiger partial charge < -0.3 is 20.1 Å². The molecule has 0 spiro atoms. The predicted molar refractivity (Wildman–Crippen MR) is 112 cm³/mol. The van der Waals surface area contributed by atoms with Gasteiger partial charge in [0.05, 0.1) is 14.2 Å². The summed E-state index contributed by atoms with van der Waals surface area (Å²) in [6.07, 6.45) is 0.347. The number of methoxy groups -OCH3 is 2. The first-order valence-electron chi connectivity index (χ1n) is 9.57. The van der Waals surface area contributed by atoms with Crippen molar-refractivity contribution < 1.29 is 23.9 Å². The molecule has 3 rings (SSSR count). The number of benzene rings is 2. The molecule has 8 heteroatoms. The van der Waals surface area contributed by atoms with E-state index in [0.29, 0.717) is 29.2 Å². The van der Waals surface area contributed by atoms with E-state index in [9.17, 15) is 14.4 Å². The van der Waals surface area contributed by atoms with Crippen LogP contribution in [-0.4, -0.2) is 43.5 Å². The van der Waals surface area contributed by atoms with Crippen LogP contribution >= 0.6 is 0 Å². The highest BCUT2D eigenvalue weighted by Gasteiger charge is 2.51. The Labute approximate surface area is 175 Å². The standard InChI is InChI=1S/C22H25N3O5/c1-5-22(15-6-11-18(30-4)14(2)12-15)20(27)25(21(28)24-22)13-19(26)23-16-7-9-17(29-3)10-8-16/h6-12H,5,13H2,1-4H3,(H,23,26)(H,24,28). The molecule has 1 heterocycles. The lowest BCUT2D eigenvalue weighted by Gasteiger charge is -2.26. The largest absolute Gasteiger partial charge is 0.497 e. The van der Waals surface area contributed by atoms with Gasteiger partial charge in [0.1, 0.15) is 23.6 Å².